The zero-order valence-corrected chi connectivity index (χ0v) is 11.9. The van der Waals surface area contributed by atoms with Crippen LogP contribution in [0, 0.1) is 11.6 Å². The van der Waals surface area contributed by atoms with Crippen LogP contribution in [0.15, 0.2) is 30.6 Å². The lowest BCUT2D eigenvalue weighted by atomic mass is 10.2. The molecule has 4 nitrogen and oxygen atoms in total. The minimum atomic E-state index is -4.43. The number of amides is 1. The van der Waals surface area contributed by atoms with Crippen molar-refractivity contribution in [3.8, 4) is 0 Å². The molecule has 0 saturated heterocycles. The summed E-state index contributed by atoms with van der Waals surface area (Å²) in [6.45, 7) is -1.49. The number of aromatic nitrogens is 2. The topological polar surface area (TPSA) is 38.1 Å². The van der Waals surface area contributed by atoms with E-state index < -0.39 is 30.3 Å². The maximum atomic E-state index is 13.6. The molecule has 23 heavy (non-hydrogen) atoms. The van der Waals surface area contributed by atoms with Crippen molar-refractivity contribution in [3.05, 3.63) is 53.6 Å². The van der Waals surface area contributed by atoms with E-state index in [4.69, 9.17) is 0 Å². The summed E-state index contributed by atoms with van der Waals surface area (Å²) in [6, 6.07) is 2.46. The Bertz CT molecular complexity index is 711. The number of benzene rings is 1. The van der Waals surface area contributed by atoms with E-state index in [0.717, 1.165) is 27.8 Å². The molecule has 1 aromatic heterocycles. The molecule has 2 rings (SSSR count). The third kappa shape index (κ3) is 4.27. The van der Waals surface area contributed by atoms with Crippen LogP contribution in [0.3, 0.4) is 0 Å². The molecular weight excluding hydrogens is 321 g/mol. The van der Waals surface area contributed by atoms with Gasteiger partial charge in [0.25, 0.3) is 5.91 Å². The van der Waals surface area contributed by atoms with E-state index in [1.54, 1.807) is 0 Å². The first-order valence-corrected chi connectivity index (χ1v) is 6.44. The van der Waals surface area contributed by atoms with Gasteiger partial charge in [0.1, 0.15) is 24.0 Å². The number of imidazole rings is 1. The van der Waals surface area contributed by atoms with Gasteiger partial charge in [-0.05, 0) is 12.1 Å². The number of alkyl halides is 3. The van der Waals surface area contributed by atoms with Gasteiger partial charge < -0.3 is 9.47 Å². The zero-order chi connectivity index (χ0) is 17.2. The molecule has 0 atom stereocenters. The summed E-state index contributed by atoms with van der Waals surface area (Å²) < 4.78 is 64.6. The molecule has 0 aliphatic carbocycles. The molecule has 0 N–H and O–H groups in total. The van der Waals surface area contributed by atoms with Crippen LogP contribution in [0.1, 0.15) is 16.2 Å². The van der Waals surface area contributed by atoms with Gasteiger partial charge in [-0.1, -0.05) is 0 Å². The summed E-state index contributed by atoms with van der Waals surface area (Å²) in [5.41, 5.74) is -0.372. The SMILES string of the molecule is CN(Cc1nccn1CC(F)(F)F)C(=O)c1ccc(F)cc1F. The number of halogens is 5. The minimum absolute atomic E-state index is 0.000643. The second-order valence-corrected chi connectivity index (χ2v) is 4.87. The molecule has 124 valence electrons. The van der Waals surface area contributed by atoms with Gasteiger partial charge in [0.05, 0.1) is 12.1 Å². The van der Waals surface area contributed by atoms with Gasteiger partial charge in [0, 0.05) is 25.5 Å². The van der Waals surface area contributed by atoms with E-state index in [0.29, 0.717) is 6.07 Å². The summed E-state index contributed by atoms with van der Waals surface area (Å²) >= 11 is 0. The maximum absolute atomic E-state index is 13.6. The number of rotatable bonds is 4. The van der Waals surface area contributed by atoms with Crippen molar-refractivity contribution in [3.63, 3.8) is 0 Å². The molecule has 1 amide bonds. The Kier molecular flexibility index (Phi) is 4.67. The molecule has 2 aromatic rings. The number of carbonyl (C=O) groups is 1. The lowest BCUT2D eigenvalue weighted by Gasteiger charge is -2.18. The quantitative estimate of drug-likeness (QED) is 0.807. The van der Waals surface area contributed by atoms with Crippen molar-refractivity contribution in [1.82, 2.24) is 14.5 Å². The summed E-state index contributed by atoms with van der Waals surface area (Å²) in [6.07, 6.45) is -2.11. The maximum Gasteiger partial charge on any atom is 0.406 e. The summed E-state index contributed by atoms with van der Waals surface area (Å²) in [5, 5.41) is 0. The van der Waals surface area contributed by atoms with E-state index in [-0.39, 0.29) is 17.9 Å². The molecular formula is C14H12F5N3O. The summed E-state index contributed by atoms with van der Waals surface area (Å²) in [4.78, 5) is 16.9. The Morgan fingerprint density at radius 3 is 2.61 bits per heavy atom. The van der Waals surface area contributed by atoms with Crippen LogP contribution in [-0.4, -0.2) is 33.6 Å². The second kappa shape index (κ2) is 6.35. The minimum Gasteiger partial charge on any atom is -0.334 e. The molecule has 1 heterocycles. The third-order valence-electron chi connectivity index (χ3n) is 3.04. The monoisotopic (exact) mass is 333 g/mol. The van der Waals surface area contributed by atoms with Gasteiger partial charge in [-0.25, -0.2) is 13.8 Å². The highest BCUT2D eigenvalue weighted by molar-refractivity contribution is 5.94. The van der Waals surface area contributed by atoms with Gasteiger partial charge in [-0.15, -0.1) is 0 Å². The number of hydrogen-bond donors (Lipinski definition) is 0. The summed E-state index contributed by atoms with van der Waals surface area (Å²) in [7, 11) is 1.29. The average molecular weight is 333 g/mol. The Hall–Kier alpha value is -2.45. The zero-order valence-electron chi connectivity index (χ0n) is 11.9. The number of nitrogens with zero attached hydrogens (tertiary/aromatic N) is 3. The standard InChI is InChI=1S/C14H12F5N3O/c1-21(13(23)10-3-2-9(15)6-11(10)16)7-12-20-4-5-22(12)8-14(17,18)19/h2-6H,7-8H2,1H3. The highest BCUT2D eigenvalue weighted by Crippen LogP contribution is 2.19. The fourth-order valence-corrected chi connectivity index (χ4v) is 1.98. The van der Waals surface area contributed by atoms with Crippen molar-refractivity contribution < 1.29 is 26.7 Å². The Morgan fingerprint density at radius 2 is 2.00 bits per heavy atom. The first-order valence-electron chi connectivity index (χ1n) is 6.44. The first kappa shape index (κ1) is 16.9. The van der Waals surface area contributed by atoms with E-state index in [1.165, 1.54) is 13.2 Å². The molecule has 9 heteroatoms. The van der Waals surface area contributed by atoms with E-state index in [1.807, 2.05) is 0 Å². The van der Waals surface area contributed by atoms with Crippen LogP contribution in [0.2, 0.25) is 0 Å². The lowest BCUT2D eigenvalue weighted by Crippen LogP contribution is -2.29. The molecule has 0 aliphatic rings. The van der Waals surface area contributed by atoms with E-state index in [9.17, 15) is 26.7 Å². The molecule has 0 spiro atoms. The van der Waals surface area contributed by atoms with Crippen molar-refractivity contribution >= 4 is 5.91 Å². The normalized spacial score (nSPS) is 11.6. The Labute approximate surface area is 128 Å². The fraction of sp³-hybridized carbons (Fsp3) is 0.286. The summed E-state index contributed by atoms with van der Waals surface area (Å²) in [5.74, 6) is -2.66. The van der Waals surface area contributed by atoms with Crippen LogP contribution in [0.5, 0.6) is 0 Å². The van der Waals surface area contributed by atoms with Gasteiger partial charge in [-0.2, -0.15) is 13.2 Å². The highest BCUT2D eigenvalue weighted by Gasteiger charge is 2.29. The predicted molar refractivity (Wildman–Crippen MR) is 70.4 cm³/mol. The van der Waals surface area contributed by atoms with Crippen LogP contribution >= 0.6 is 0 Å². The molecule has 0 saturated carbocycles. The average Bonchev–Trinajstić information content (AvgIpc) is 2.83. The molecule has 0 radical (unpaired) electrons. The van der Waals surface area contributed by atoms with Crippen LogP contribution in [0.4, 0.5) is 22.0 Å². The number of hydrogen-bond acceptors (Lipinski definition) is 2. The van der Waals surface area contributed by atoms with Crippen molar-refractivity contribution in [1.29, 1.82) is 0 Å². The largest absolute Gasteiger partial charge is 0.406 e. The molecule has 0 aliphatic heterocycles. The van der Waals surface area contributed by atoms with E-state index >= 15 is 0 Å². The molecule has 0 fully saturated rings. The van der Waals surface area contributed by atoms with Crippen LogP contribution < -0.4 is 0 Å². The smallest absolute Gasteiger partial charge is 0.334 e. The van der Waals surface area contributed by atoms with E-state index in [2.05, 4.69) is 4.98 Å². The fourth-order valence-electron chi connectivity index (χ4n) is 1.98. The van der Waals surface area contributed by atoms with Gasteiger partial charge in [0.15, 0.2) is 0 Å². The van der Waals surface area contributed by atoms with Gasteiger partial charge >= 0.3 is 6.18 Å². The van der Waals surface area contributed by atoms with Crippen LogP contribution in [-0.2, 0) is 13.1 Å². The Balaban J connectivity index is 2.14. The second-order valence-electron chi connectivity index (χ2n) is 4.87. The Morgan fingerprint density at radius 1 is 1.30 bits per heavy atom. The third-order valence-corrected chi connectivity index (χ3v) is 3.04. The van der Waals surface area contributed by atoms with Crippen LogP contribution in [0.25, 0.3) is 0 Å². The molecule has 0 bridgehead atoms. The van der Waals surface area contributed by atoms with Crippen molar-refractivity contribution in [2.75, 3.05) is 7.05 Å². The van der Waals surface area contributed by atoms with Gasteiger partial charge in [0.2, 0.25) is 0 Å². The highest BCUT2D eigenvalue weighted by atomic mass is 19.4. The predicted octanol–water partition coefficient (Wildman–Crippen LogP) is 3.00. The van der Waals surface area contributed by atoms with Crippen molar-refractivity contribution in [2.24, 2.45) is 0 Å². The lowest BCUT2D eigenvalue weighted by molar-refractivity contribution is -0.141. The first-order chi connectivity index (χ1) is 10.7. The van der Waals surface area contributed by atoms with Crippen molar-refractivity contribution in [2.45, 2.75) is 19.3 Å². The van der Waals surface area contributed by atoms with Gasteiger partial charge in [-0.3, -0.25) is 4.79 Å². The molecule has 0 unspecified atom stereocenters. The molecule has 1 aromatic carbocycles. The number of carbonyl (C=O) groups excluding carboxylic acids is 1.